The average Bonchev–Trinajstić information content (AvgIpc) is 2.74. The summed E-state index contributed by atoms with van der Waals surface area (Å²) in [6.45, 7) is 3.41. The van der Waals surface area contributed by atoms with Crippen LogP contribution in [0.15, 0.2) is 0 Å². The summed E-state index contributed by atoms with van der Waals surface area (Å²) in [6.07, 6.45) is -0.286. The van der Waals surface area contributed by atoms with Gasteiger partial charge in [-0.05, 0) is 6.92 Å². The molecule has 0 bridgehead atoms. The van der Waals surface area contributed by atoms with Crippen molar-refractivity contribution in [2.75, 3.05) is 18.6 Å². The second kappa shape index (κ2) is 4.01. The first-order chi connectivity index (χ1) is 7.63. The largest absolute Gasteiger partial charge is 0.448 e. The van der Waals surface area contributed by atoms with Crippen LogP contribution in [0.2, 0.25) is 0 Å². The van der Waals surface area contributed by atoms with Gasteiger partial charge in [0, 0.05) is 12.6 Å². The molecule has 16 heavy (non-hydrogen) atoms. The number of aromatic nitrogens is 2. The zero-order valence-electron chi connectivity index (χ0n) is 9.36. The zero-order chi connectivity index (χ0) is 11.7. The minimum Gasteiger partial charge on any atom is -0.448 e. The summed E-state index contributed by atoms with van der Waals surface area (Å²) in [5.74, 6) is 6.15. The molecule has 0 unspecified atom stereocenters. The summed E-state index contributed by atoms with van der Waals surface area (Å²) >= 11 is 0. The van der Waals surface area contributed by atoms with Crippen LogP contribution in [0, 0.1) is 6.92 Å². The summed E-state index contributed by atoms with van der Waals surface area (Å²) in [6, 6.07) is 0. The van der Waals surface area contributed by atoms with Crippen molar-refractivity contribution >= 4 is 11.9 Å². The highest BCUT2D eigenvalue weighted by Gasteiger charge is 2.25. The average molecular weight is 225 g/mol. The molecule has 1 aromatic heterocycles. The maximum Gasteiger partial charge on any atom is 0.410 e. The number of hydrazine groups is 1. The van der Waals surface area contributed by atoms with E-state index in [1.54, 1.807) is 16.6 Å². The molecule has 3 N–H and O–H groups in total. The fourth-order valence-electron chi connectivity index (χ4n) is 1.83. The summed E-state index contributed by atoms with van der Waals surface area (Å²) in [7, 11) is 1.80. The van der Waals surface area contributed by atoms with E-state index in [9.17, 15) is 4.79 Å². The van der Waals surface area contributed by atoms with Crippen molar-refractivity contribution in [3.05, 3.63) is 11.3 Å². The number of amides is 1. The fourth-order valence-corrected chi connectivity index (χ4v) is 1.83. The molecule has 1 amide bonds. The molecule has 7 nitrogen and oxygen atoms in total. The van der Waals surface area contributed by atoms with E-state index in [-0.39, 0.29) is 6.09 Å². The van der Waals surface area contributed by atoms with Crippen LogP contribution in [0.4, 0.5) is 10.6 Å². The lowest BCUT2D eigenvalue weighted by Gasteiger charge is -2.13. The number of anilines is 1. The number of nitrogens with two attached hydrogens (primary N) is 1. The van der Waals surface area contributed by atoms with E-state index in [4.69, 9.17) is 10.6 Å². The van der Waals surface area contributed by atoms with Crippen LogP contribution >= 0.6 is 0 Å². The molecule has 2 heterocycles. The highest BCUT2D eigenvalue weighted by atomic mass is 16.6. The summed E-state index contributed by atoms with van der Waals surface area (Å²) in [5.41, 5.74) is 4.37. The molecule has 1 aliphatic rings. The van der Waals surface area contributed by atoms with E-state index < -0.39 is 0 Å². The molecule has 0 aromatic carbocycles. The van der Waals surface area contributed by atoms with E-state index in [0.29, 0.717) is 19.7 Å². The number of carbonyl (C=O) groups is 1. The minimum absolute atomic E-state index is 0.286. The van der Waals surface area contributed by atoms with Gasteiger partial charge in [-0.2, -0.15) is 5.10 Å². The summed E-state index contributed by atoms with van der Waals surface area (Å²) in [5, 5.41) is 4.24. The second-order valence-electron chi connectivity index (χ2n) is 3.72. The van der Waals surface area contributed by atoms with Gasteiger partial charge in [0.05, 0.1) is 18.8 Å². The van der Waals surface area contributed by atoms with Gasteiger partial charge in [-0.25, -0.2) is 10.6 Å². The Morgan fingerprint density at radius 1 is 1.62 bits per heavy atom. The summed E-state index contributed by atoms with van der Waals surface area (Å²) < 4.78 is 6.52. The number of ether oxygens (including phenoxy) is 1. The Balaban J connectivity index is 2.23. The molecule has 1 aromatic rings. The van der Waals surface area contributed by atoms with Crippen LogP contribution < -0.4 is 11.3 Å². The van der Waals surface area contributed by atoms with Crippen LogP contribution in [0.25, 0.3) is 0 Å². The third kappa shape index (κ3) is 1.69. The lowest BCUT2D eigenvalue weighted by Crippen LogP contribution is -2.25. The van der Waals surface area contributed by atoms with Crippen molar-refractivity contribution in [2.24, 2.45) is 12.9 Å². The lowest BCUT2D eigenvalue weighted by atomic mass is 10.2. The molecule has 1 saturated heterocycles. The van der Waals surface area contributed by atoms with Gasteiger partial charge in [0.15, 0.2) is 0 Å². The molecule has 0 atom stereocenters. The molecule has 1 fully saturated rings. The Bertz CT molecular complexity index is 414. The standard InChI is InChI=1S/C9H15N5O2/c1-6-7(8(11-10)13(2)12-6)5-14-3-4-16-9(14)15/h11H,3-5,10H2,1-2H3. The molecule has 0 radical (unpaired) electrons. The second-order valence-corrected chi connectivity index (χ2v) is 3.72. The zero-order valence-corrected chi connectivity index (χ0v) is 9.36. The van der Waals surface area contributed by atoms with Crippen molar-refractivity contribution < 1.29 is 9.53 Å². The normalized spacial score (nSPS) is 15.4. The highest BCUT2D eigenvalue weighted by molar-refractivity contribution is 5.69. The Hall–Kier alpha value is -1.76. The van der Waals surface area contributed by atoms with Crippen LogP contribution in [-0.2, 0) is 18.3 Å². The molecule has 0 spiro atoms. The predicted octanol–water partition coefficient (Wildman–Crippen LogP) is -0.0337. The van der Waals surface area contributed by atoms with Crippen LogP contribution in [0.1, 0.15) is 11.3 Å². The van der Waals surface area contributed by atoms with Crippen molar-refractivity contribution in [3.63, 3.8) is 0 Å². The number of nitrogen functional groups attached to an aromatic ring is 1. The molecular weight excluding hydrogens is 210 g/mol. The smallest absolute Gasteiger partial charge is 0.410 e. The molecule has 7 heteroatoms. The monoisotopic (exact) mass is 225 g/mol. The number of nitrogens with zero attached hydrogens (tertiary/aromatic N) is 3. The molecular formula is C9H15N5O2. The van der Waals surface area contributed by atoms with Gasteiger partial charge in [-0.1, -0.05) is 0 Å². The van der Waals surface area contributed by atoms with Crippen molar-refractivity contribution in [1.29, 1.82) is 0 Å². The van der Waals surface area contributed by atoms with Gasteiger partial charge < -0.3 is 15.1 Å². The van der Waals surface area contributed by atoms with E-state index >= 15 is 0 Å². The van der Waals surface area contributed by atoms with E-state index in [0.717, 1.165) is 17.1 Å². The number of cyclic esters (lactones) is 1. The van der Waals surface area contributed by atoms with E-state index in [1.807, 2.05) is 6.92 Å². The maximum atomic E-state index is 11.3. The number of hydrogen-bond acceptors (Lipinski definition) is 5. The van der Waals surface area contributed by atoms with E-state index in [2.05, 4.69) is 10.5 Å². The molecule has 88 valence electrons. The molecule has 1 aliphatic heterocycles. The van der Waals surface area contributed by atoms with Gasteiger partial charge in [-0.15, -0.1) is 0 Å². The number of hydrogen-bond donors (Lipinski definition) is 2. The third-order valence-electron chi connectivity index (χ3n) is 2.68. The Kier molecular flexibility index (Phi) is 2.69. The highest BCUT2D eigenvalue weighted by Crippen LogP contribution is 2.21. The number of rotatable bonds is 3. The van der Waals surface area contributed by atoms with Crippen LogP contribution in [0.5, 0.6) is 0 Å². The van der Waals surface area contributed by atoms with Crippen molar-refractivity contribution in [3.8, 4) is 0 Å². The number of carbonyl (C=O) groups excluding carboxylic acids is 1. The quantitative estimate of drug-likeness (QED) is 0.557. The Morgan fingerprint density at radius 3 is 2.94 bits per heavy atom. The van der Waals surface area contributed by atoms with Gasteiger partial charge in [0.2, 0.25) is 0 Å². The van der Waals surface area contributed by atoms with Gasteiger partial charge in [0.1, 0.15) is 12.4 Å². The van der Waals surface area contributed by atoms with Crippen LogP contribution in [-0.4, -0.2) is 33.9 Å². The molecule has 0 aliphatic carbocycles. The molecule has 0 saturated carbocycles. The van der Waals surface area contributed by atoms with Gasteiger partial charge >= 0.3 is 6.09 Å². The number of nitrogens with one attached hydrogen (secondary N) is 1. The van der Waals surface area contributed by atoms with Crippen molar-refractivity contribution in [2.45, 2.75) is 13.5 Å². The van der Waals surface area contributed by atoms with Gasteiger partial charge in [-0.3, -0.25) is 4.68 Å². The summed E-state index contributed by atoms with van der Waals surface area (Å²) in [4.78, 5) is 13.0. The van der Waals surface area contributed by atoms with Crippen LogP contribution in [0.3, 0.4) is 0 Å². The first-order valence-corrected chi connectivity index (χ1v) is 5.04. The first-order valence-electron chi connectivity index (χ1n) is 5.04. The first kappa shape index (κ1) is 10.7. The lowest BCUT2D eigenvalue weighted by molar-refractivity contribution is 0.157. The Morgan fingerprint density at radius 2 is 2.38 bits per heavy atom. The van der Waals surface area contributed by atoms with E-state index in [1.165, 1.54) is 0 Å². The maximum absolute atomic E-state index is 11.3. The SMILES string of the molecule is Cc1nn(C)c(NN)c1CN1CCOC1=O. The Labute approximate surface area is 93.1 Å². The van der Waals surface area contributed by atoms with Crippen molar-refractivity contribution in [1.82, 2.24) is 14.7 Å². The molecule has 2 rings (SSSR count). The minimum atomic E-state index is -0.286. The third-order valence-corrected chi connectivity index (χ3v) is 2.68. The fraction of sp³-hybridized carbons (Fsp3) is 0.556. The predicted molar refractivity (Wildman–Crippen MR) is 57.5 cm³/mol. The topological polar surface area (TPSA) is 85.4 Å². The van der Waals surface area contributed by atoms with Gasteiger partial charge in [0.25, 0.3) is 0 Å². The number of aryl methyl sites for hydroxylation is 2.